The summed E-state index contributed by atoms with van der Waals surface area (Å²) in [5.41, 5.74) is 0.818. The van der Waals surface area contributed by atoms with Gasteiger partial charge in [0.05, 0.1) is 11.7 Å². The van der Waals surface area contributed by atoms with Gasteiger partial charge in [-0.2, -0.15) is 0 Å². The first kappa shape index (κ1) is 16.5. The zero-order valence-electron chi connectivity index (χ0n) is 11.8. The van der Waals surface area contributed by atoms with Crippen LogP contribution in [0.1, 0.15) is 40.6 Å². The molecule has 0 spiro atoms. The highest BCUT2D eigenvalue weighted by Crippen LogP contribution is 2.32. The second kappa shape index (κ2) is 7.25. The third kappa shape index (κ3) is 4.50. The van der Waals surface area contributed by atoms with Gasteiger partial charge >= 0.3 is 12.0 Å². The summed E-state index contributed by atoms with van der Waals surface area (Å²) in [5, 5.41) is 23.8. The molecule has 20 heavy (non-hydrogen) atoms. The number of carbonyl (C=O) groups is 2. The van der Waals surface area contributed by atoms with Crippen LogP contribution in [-0.4, -0.2) is 34.9 Å². The molecule has 0 aliphatic rings. The van der Waals surface area contributed by atoms with E-state index >= 15 is 0 Å². The van der Waals surface area contributed by atoms with E-state index in [4.69, 9.17) is 10.2 Å². The normalized spacial score (nSPS) is 12.0. The lowest BCUT2D eigenvalue weighted by molar-refractivity contribution is 0.0697. The number of nitrogens with one attached hydrogen (secondary N) is 2. The number of rotatable bonds is 6. The Hall–Kier alpha value is -1.60. The number of aryl methyl sites for hydroxylation is 1. The summed E-state index contributed by atoms with van der Waals surface area (Å²) in [5.74, 6) is -1.05. The van der Waals surface area contributed by atoms with E-state index in [9.17, 15) is 9.59 Å². The number of urea groups is 1. The first-order chi connectivity index (χ1) is 9.32. The number of carbonyl (C=O) groups excluding carboxylic acids is 1. The number of aromatic carboxylic acids is 1. The van der Waals surface area contributed by atoms with E-state index in [0.717, 1.165) is 4.88 Å². The molecule has 0 aromatic carbocycles. The monoisotopic (exact) mass is 300 g/mol. The maximum Gasteiger partial charge on any atom is 0.338 e. The minimum atomic E-state index is -1.05. The van der Waals surface area contributed by atoms with Crippen molar-refractivity contribution in [3.05, 3.63) is 16.0 Å². The van der Waals surface area contributed by atoms with Gasteiger partial charge < -0.3 is 15.5 Å². The molecule has 0 fully saturated rings. The molecule has 0 aliphatic heterocycles. The van der Waals surface area contributed by atoms with E-state index in [1.807, 2.05) is 6.92 Å². The number of thiophene rings is 1. The molecule has 0 radical (unpaired) electrons. The van der Waals surface area contributed by atoms with E-state index in [-0.39, 0.29) is 11.7 Å². The molecule has 0 saturated heterocycles. The van der Waals surface area contributed by atoms with Crippen molar-refractivity contribution in [3.63, 3.8) is 0 Å². The van der Waals surface area contributed by atoms with Crippen LogP contribution >= 0.6 is 11.3 Å². The third-order valence-corrected chi connectivity index (χ3v) is 4.03. The third-order valence-electron chi connectivity index (χ3n) is 2.91. The average Bonchev–Trinajstić information content (AvgIpc) is 2.60. The second-order valence-corrected chi connectivity index (χ2v) is 5.89. The molecular weight excluding hydrogens is 280 g/mol. The standard InChI is InChI=1S/C13H20N2O4S/c1-7(16)5-4-6-14-13(19)15-11-10(12(17)18)8(2)9(3)20-11/h7,16H,4-6H2,1-3H3,(H,17,18)(H2,14,15,19). The smallest absolute Gasteiger partial charge is 0.338 e. The lowest BCUT2D eigenvalue weighted by Crippen LogP contribution is -2.30. The van der Waals surface area contributed by atoms with Gasteiger partial charge in [-0.25, -0.2) is 9.59 Å². The van der Waals surface area contributed by atoms with Crippen molar-refractivity contribution >= 4 is 28.3 Å². The Bertz CT molecular complexity index is 497. The molecule has 0 aliphatic carbocycles. The molecule has 0 saturated carbocycles. The van der Waals surface area contributed by atoms with Crippen LogP contribution in [-0.2, 0) is 0 Å². The van der Waals surface area contributed by atoms with Gasteiger partial charge in [0.25, 0.3) is 0 Å². The summed E-state index contributed by atoms with van der Waals surface area (Å²) in [7, 11) is 0. The molecule has 1 aromatic rings. The molecule has 1 unspecified atom stereocenters. The van der Waals surface area contributed by atoms with Crippen LogP contribution in [0, 0.1) is 13.8 Å². The number of carboxylic acids is 1. The summed E-state index contributed by atoms with van der Waals surface area (Å²) in [6, 6.07) is -0.431. The fraction of sp³-hybridized carbons (Fsp3) is 0.538. The van der Waals surface area contributed by atoms with Gasteiger partial charge in [-0.15, -0.1) is 11.3 Å². The van der Waals surface area contributed by atoms with Crippen molar-refractivity contribution in [3.8, 4) is 0 Å². The van der Waals surface area contributed by atoms with Crippen molar-refractivity contribution in [1.29, 1.82) is 0 Å². The fourth-order valence-electron chi connectivity index (χ4n) is 1.72. The molecule has 1 aromatic heterocycles. The van der Waals surface area contributed by atoms with Crippen LogP contribution in [0.15, 0.2) is 0 Å². The molecule has 1 atom stereocenters. The largest absolute Gasteiger partial charge is 0.478 e. The first-order valence-electron chi connectivity index (χ1n) is 6.39. The molecule has 1 heterocycles. The Labute approximate surface area is 121 Å². The summed E-state index contributed by atoms with van der Waals surface area (Å²) in [4.78, 5) is 23.7. The van der Waals surface area contributed by atoms with Gasteiger partial charge in [-0.1, -0.05) is 0 Å². The van der Waals surface area contributed by atoms with Crippen LogP contribution in [0.25, 0.3) is 0 Å². The SMILES string of the molecule is Cc1sc(NC(=O)NCCCC(C)O)c(C(=O)O)c1C. The van der Waals surface area contributed by atoms with Gasteiger partial charge in [0.1, 0.15) is 5.00 Å². The number of hydrogen-bond acceptors (Lipinski definition) is 4. The Kier molecular flexibility index (Phi) is 5.97. The van der Waals surface area contributed by atoms with Gasteiger partial charge in [0.15, 0.2) is 0 Å². The number of aliphatic hydroxyl groups excluding tert-OH is 1. The van der Waals surface area contributed by atoms with Crippen molar-refractivity contribution in [1.82, 2.24) is 5.32 Å². The fourth-order valence-corrected chi connectivity index (χ4v) is 2.77. The molecule has 4 N–H and O–H groups in total. The number of anilines is 1. The maximum absolute atomic E-state index is 11.7. The van der Waals surface area contributed by atoms with Crippen LogP contribution in [0.5, 0.6) is 0 Å². The molecule has 7 heteroatoms. The molecule has 2 amide bonds. The topological polar surface area (TPSA) is 98.7 Å². The Morgan fingerprint density at radius 1 is 1.35 bits per heavy atom. The molecular formula is C13H20N2O4S. The maximum atomic E-state index is 11.7. The van der Waals surface area contributed by atoms with Crippen LogP contribution in [0.3, 0.4) is 0 Å². The average molecular weight is 300 g/mol. The zero-order chi connectivity index (χ0) is 15.3. The molecule has 112 valence electrons. The Morgan fingerprint density at radius 3 is 2.55 bits per heavy atom. The predicted octanol–water partition coefficient (Wildman–Crippen LogP) is 2.35. The van der Waals surface area contributed by atoms with Crippen molar-refractivity contribution in [2.75, 3.05) is 11.9 Å². The van der Waals surface area contributed by atoms with E-state index in [1.54, 1.807) is 13.8 Å². The van der Waals surface area contributed by atoms with Crippen molar-refractivity contribution in [2.24, 2.45) is 0 Å². The van der Waals surface area contributed by atoms with E-state index in [2.05, 4.69) is 10.6 Å². The summed E-state index contributed by atoms with van der Waals surface area (Å²) >= 11 is 1.25. The number of hydrogen-bond donors (Lipinski definition) is 4. The van der Waals surface area contributed by atoms with E-state index < -0.39 is 12.0 Å². The molecule has 1 rings (SSSR count). The second-order valence-electron chi connectivity index (χ2n) is 4.66. The highest BCUT2D eigenvalue weighted by molar-refractivity contribution is 7.16. The van der Waals surface area contributed by atoms with E-state index in [0.29, 0.717) is 30.0 Å². The van der Waals surface area contributed by atoms with Crippen LogP contribution in [0.2, 0.25) is 0 Å². The van der Waals surface area contributed by atoms with Crippen LogP contribution < -0.4 is 10.6 Å². The van der Waals surface area contributed by atoms with Gasteiger partial charge in [-0.3, -0.25) is 5.32 Å². The molecule has 0 bridgehead atoms. The van der Waals surface area contributed by atoms with Crippen molar-refractivity contribution < 1.29 is 19.8 Å². The first-order valence-corrected chi connectivity index (χ1v) is 7.20. The Morgan fingerprint density at radius 2 is 2.00 bits per heavy atom. The number of amides is 2. The minimum Gasteiger partial charge on any atom is -0.478 e. The van der Waals surface area contributed by atoms with Gasteiger partial charge in [0.2, 0.25) is 0 Å². The highest BCUT2D eigenvalue weighted by Gasteiger charge is 2.20. The van der Waals surface area contributed by atoms with E-state index in [1.165, 1.54) is 11.3 Å². The predicted molar refractivity (Wildman–Crippen MR) is 78.7 cm³/mol. The molecule has 6 nitrogen and oxygen atoms in total. The van der Waals surface area contributed by atoms with Gasteiger partial charge in [-0.05, 0) is 39.2 Å². The quantitative estimate of drug-likeness (QED) is 0.606. The number of aliphatic hydroxyl groups is 1. The number of carboxylic acid groups (broad SMARTS) is 1. The van der Waals surface area contributed by atoms with Crippen LogP contribution in [0.4, 0.5) is 9.80 Å². The zero-order valence-corrected chi connectivity index (χ0v) is 12.6. The highest BCUT2D eigenvalue weighted by atomic mass is 32.1. The van der Waals surface area contributed by atoms with Crippen molar-refractivity contribution in [2.45, 2.75) is 39.7 Å². The minimum absolute atomic E-state index is 0.145. The summed E-state index contributed by atoms with van der Waals surface area (Å²) in [6.45, 7) is 5.66. The van der Waals surface area contributed by atoms with Gasteiger partial charge in [0, 0.05) is 11.4 Å². The Balaban J connectivity index is 2.58. The lowest BCUT2D eigenvalue weighted by Gasteiger charge is -2.08. The lowest BCUT2D eigenvalue weighted by atomic mass is 10.1. The summed E-state index contributed by atoms with van der Waals surface area (Å²) in [6.07, 6.45) is 0.887. The summed E-state index contributed by atoms with van der Waals surface area (Å²) < 4.78 is 0.